The van der Waals surface area contributed by atoms with Gasteiger partial charge in [-0.15, -0.1) is 0 Å². The van der Waals surface area contributed by atoms with Crippen LogP contribution < -0.4 is 0 Å². The monoisotopic (exact) mass is 241 g/mol. The van der Waals surface area contributed by atoms with E-state index in [-0.39, 0.29) is 0 Å². The Bertz CT molecular complexity index is 257. The maximum atomic E-state index is 11.4. The van der Waals surface area contributed by atoms with Gasteiger partial charge in [0.15, 0.2) is 0 Å². The smallest absolute Gasteiger partial charge is 0.323 e. The van der Waals surface area contributed by atoms with Gasteiger partial charge in [0, 0.05) is 6.04 Å². The van der Waals surface area contributed by atoms with Crippen LogP contribution in [0.15, 0.2) is 0 Å². The van der Waals surface area contributed by atoms with Crippen LogP contribution in [0.4, 0.5) is 0 Å². The van der Waals surface area contributed by atoms with Crippen molar-refractivity contribution in [1.82, 2.24) is 4.90 Å². The fraction of sp³-hybridized carbons (Fsp3) is 0.929. The first kappa shape index (κ1) is 14.5. The van der Waals surface area contributed by atoms with Crippen LogP contribution >= 0.6 is 0 Å². The van der Waals surface area contributed by atoms with Crippen molar-refractivity contribution in [3.05, 3.63) is 0 Å². The van der Waals surface area contributed by atoms with Crippen molar-refractivity contribution in [3.8, 4) is 0 Å². The van der Waals surface area contributed by atoms with E-state index in [9.17, 15) is 9.90 Å². The SMILES string of the molecule is CCN(C(C)C1CCCCC1)C(C)(C)C(=O)O. The molecule has 3 heteroatoms. The Kier molecular flexibility index (Phi) is 4.99. The fourth-order valence-corrected chi connectivity index (χ4v) is 3.19. The number of rotatable bonds is 5. The summed E-state index contributed by atoms with van der Waals surface area (Å²) in [6.07, 6.45) is 6.47. The Balaban J connectivity index is 2.75. The minimum Gasteiger partial charge on any atom is -0.480 e. The molecule has 0 aromatic carbocycles. The molecule has 1 rings (SSSR count). The molecule has 0 aliphatic heterocycles. The van der Waals surface area contributed by atoms with E-state index in [4.69, 9.17) is 0 Å². The van der Waals surface area contributed by atoms with Crippen molar-refractivity contribution in [2.45, 2.75) is 71.4 Å². The maximum absolute atomic E-state index is 11.4. The fourth-order valence-electron chi connectivity index (χ4n) is 3.19. The van der Waals surface area contributed by atoms with Crippen molar-refractivity contribution in [1.29, 1.82) is 0 Å². The first-order valence-corrected chi connectivity index (χ1v) is 6.91. The van der Waals surface area contributed by atoms with Crippen LogP contribution in [0.25, 0.3) is 0 Å². The number of hydrogen-bond donors (Lipinski definition) is 1. The largest absolute Gasteiger partial charge is 0.480 e. The number of likely N-dealkylation sites (N-methyl/N-ethyl adjacent to an activating group) is 1. The van der Waals surface area contributed by atoms with Crippen molar-refractivity contribution >= 4 is 5.97 Å². The van der Waals surface area contributed by atoms with Crippen LogP contribution in [0, 0.1) is 5.92 Å². The Labute approximate surface area is 105 Å². The molecule has 0 amide bonds. The molecule has 3 nitrogen and oxygen atoms in total. The molecule has 1 saturated carbocycles. The highest BCUT2D eigenvalue weighted by Crippen LogP contribution is 2.31. The Hall–Kier alpha value is -0.570. The zero-order valence-electron chi connectivity index (χ0n) is 11.7. The zero-order valence-corrected chi connectivity index (χ0v) is 11.7. The average Bonchev–Trinajstić information content (AvgIpc) is 2.30. The van der Waals surface area contributed by atoms with Gasteiger partial charge in [0.2, 0.25) is 0 Å². The molecule has 1 unspecified atom stereocenters. The van der Waals surface area contributed by atoms with Crippen LogP contribution in [0.2, 0.25) is 0 Å². The highest BCUT2D eigenvalue weighted by molar-refractivity contribution is 5.77. The molecule has 0 aromatic rings. The third kappa shape index (κ3) is 3.21. The lowest BCUT2D eigenvalue weighted by atomic mass is 9.82. The van der Waals surface area contributed by atoms with Crippen molar-refractivity contribution in [2.24, 2.45) is 5.92 Å². The summed E-state index contributed by atoms with van der Waals surface area (Å²) in [6.45, 7) is 8.70. The van der Waals surface area contributed by atoms with E-state index in [1.54, 1.807) is 0 Å². The summed E-state index contributed by atoms with van der Waals surface area (Å²) in [6, 6.07) is 0.367. The topological polar surface area (TPSA) is 40.5 Å². The predicted molar refractivity (Wildman–Crippen MR) is 70.1 cm³/mol. The molecular weight excluding hydrogens is 214 g/mol. The van der Waals surface area contributed by atoms with E-state index in [1.807, 2.05) is 13.8 Å². The standard InChI is InChI=1S/C14H27NO2/c1-5-15(14(3,4)13(16)17)11(2)12-9-7-6-8-10-12/h11-12H,5-10H2,1-4H3,(H,16,17). The number of nitrogens with zero attached hydrogens (tertiary/aromatic N) is 1. The van der Waals surface area contributed by atoms with Gasteiger partial charge in [-0.3, -0.25) is 9.69 Å². The van der Waals surface area contributed by atoms with E-state index in [0.717, 1.165) is 6.54 Å². The van der Waals surface area contributed by atoms with Gasteiger partial charge >= 0.3 is 5.97 Å². The Morgan fingerprint density at radius 1 is 1.35 bits per heavy atom. The second kappa shape index (κ2) is 5.85. The molecule has 0 heterocycles. The summed E-state index contributed by atoms with van der Waals surface area (Å²) >= 11 is 0. The van der Waals surface area contributed by atoms with E-state index >= 15 is 0 Å². The van der Waals surface area contributed by atoms with Crippen LogP contribution in [0.1, 0.15) is 59.8 Å². The molecule has 1 atom stereocenters. The Morgan fingerprint density at radius 3 is 2.29 bits per heavy atom. The molecule has 100 valence electrons. The number of aliphatic carboxylic acids is 1. The molecule has 17 heavy (non-hydrogen) atoms. The van der Waals surface area contributed by atoms with E-state index in [2.05, 4.69) is 18.7 Å². The van der Waals surface area contributed by atoms with E-state index in [0.29, 0.717) is 12.0 Å². The summed E-state index contributed by atoms with van der Waals surface area (Å²) in [5, 5.41) is 9.35. The normalized spacial score (nSPS) is 20.5. The first-order valence-electron chi connectivity index (χ1n) is 6.91. The summed E-state index contributed by atoms with van der Waals surface area (Å²) in [7, 11) is 0. The third-order valence-electron chi connectivity index (χ3n) is 4.41. The lowest BCUT2D eigenvalue weighted by Gasteiger charge is -2.43. The van der Waals surface area contributed by atoms with Gasteiger partial charge in [-0.1, -0.05) is 26.2 Å². The first-order chi connectivity index (χ1) is 7.91. The van der Waals surface area contributed by atoms with Gasteiger partial charge in [-0.2, -0.15) is 0 Å². The van der Waals surface area contributed by atoms with Crippen LogP contribution in [-0.2, 0) is 4.79 Å². The number of hydrogen-bond acceptors (Lipinski definition) is 2. The summed E-state index contributed by atoms with van der Waals surface area (Å²) in [5.41, 5.74) is -0.758. The van der Waals surface area contributed by atoms with Crippen LogP contribution in [0.5, 0.6) is 0 Å². The zero-order chi connectivity index (χ0) is 13.1. The molecule has 0 aromatic heterocycles. The van der Waals surface area contributed by atoms with Gasteiger partial charge in [0.1, 0.15) is 5.54 Å². The van der Waals surface area contributed by atoms with E-state index < -0.39 is 11.5 Å². The van der Waals surface area contributed by atoms with Gasteiger partial charge in [0.05, 0.1) is 0 Å². The van der Waals surface area contributed by atoms with Gasteiger partial charge in [-0.05, 0) is 46.1 Å². The van der Waals surface area contributed by atoms with Gasteiger partial charge in [0.25, 0.3) is 0 Å². The highest BCUT2D eigenvalue weighted by atomic mass is 16.4. The summed E-state index contributed by atoms with van der Waals surface area (Å²) in [4.78, 5) is 13.5. The second-order valence-electron chi connectivity index (χ2n) is 5.79. The molecule has 1 fully saturated rings. The second-order valence-corrected chi connectivity index (χ2v) is 5.79. The molecular formula is C14H27NO2. The van der Waals surface area contributed by atoms with Gasteiger partial charge < -0.3 is 5.11 Å². The summed E-state index contributed by atoms with van der Waals surface area (Å²) in [5.74, 6) is -0.0515. The lowest BCUT2D eigenvalue weighted by Crippen LogP contribution is -2.55. The minimum absolute atomic E-state index is 0.367. The maximum Gasteiger partial charge on any atom is 0.323 e. The number of carboxylic acid groups (broad SMARTS) is 1. The summed E-state index contributed by atoms with van der Waals surface area (Å²) < 4.78 is 0. The molecule has 0 saturated heterocycles. The third-order valence-corrected chi connectivity index (χ3v) is 4.41. The van der Waals surface area contributed by atoms with Crippen LogP contribution in [0.3, 0.4) is 0 Å². The predicted octanol–water partition coefficient (Wildman–Crippen LogP) is 3.14. The molecule has 1 N–H and O–H groups in total. The molecule has 0 bridgehead atoms. The van der Waals surface area contributed by atoms with Crippen molar-refractivity contribution in [3.63, 3.8) is 0 Å². The van der Waals surface area contributed by atoms with Crippen molar-refractivity contribution in [2.75, 3.05) is 6.54 Å². The molecule has 0 spiro atoms. The van der Waals surface area contributed by atoms with Gasteiger partial charge in [-0.25, -0.2) is 0 Å². The molecule has 0 radical (unpaired) electrons. The highest BCUT2D eigenvalue weighted by Gasteiger charge is 2.38. The number of carbonyl (C=O) groups is 1. The molecule has 1 aliphatic rings. The average molecular weight is 241 g/mol. The quantitative estimate of drug-likeness (QED) is 0.804. The Morgan fingerprint density at radius 2 is 1.88 bits per heavy atom. The number of carboxylic acids is 1. The van der Waals surface area contributed by atoms with Crippen molar-refractivity contribution < 1.29 is 9.90 Å². The lowest BCUT2D eigenvalue weighted by molar-refractivity contribution is -0.151. The van der Waals surface area contributed by atoms with Crippen LogP contribution in [-0.4, -0.2) is 34.1 Å². The minimum atomic E-state index is -0.758. The van der Waals surface area contributed by atoms with E-state index in [1.165, 1.54) is 32.1 Å². The molecule has 1 aliphatic carbocycles.